The van der Waals surface area contributed by atoms with E-state index in [0.717, 1.165) is 16.8 Å². The first-order valence-electron chi connectivity index (χ1n) is 8.58. The first-order valence-corrected chi connectivity index (χ1v) is 10.4. The third-order valence-corrected chi connectivity index (χ3v) is 6.19. The van der Waals surface area contributed by atoms with Crippen LogP contribution in [0.5, 0.6) is 0 Å². The second-order valence-corrected chi connectivity index (χ2v) is 8.42. The van der Waals surface area contributed by atoms with Crippen molar-refractivity contribution in [1.82, 2.24) is 4.72 Å². The summed E-state index contributed by atoms with van der Waals surface area (Å²) in [5, 5.41) is 0.656. The zero-order valence-corrected chi connectivity index (χ0v) is 16.1. The lowest BCUT2D eigenvalue weighted by Gasteiger charge is -2.16. The molecule has 7 heteroatoms. The van der Waals surface area contributed by atoms with E-state index in [4.69, 9.17) is 11.6 Å². The molecule has 0 fully saturated rings. The van der Waals surface area contributed by atoms with Crippen LogP contribution in [-0.2, 0) is 27.7 Å². The quantitative estimate of drug-likeness (QED) is 0.821. The van der Waals surface area contributed by atoms with Crippen LogP contribution in [0.15, 0.2) is 47.4 Å². The highest BCUT2D eigenvalue weighted by Crippen LogP contribution is 2.30. The minimum absolute atomic E-state index is 0.0560. The van der Waals surface area contributed by atoms with Crippen molar-refractivity contribution in [3.63, 3.8) is 0 Å². The minimum atomic E-state index is -3.58. The van der Waals surface area contributed by atoms with E-state index < -0.39 is 10.0 Å². The maximum Gasteiger partial charge on any atom is 0.240 e. The van der Waals surface area contributed by atoms with Gasteiger partial charge in [-0.05, 0) is 54.3 Å². The lowest BCUT2D eigenvalue weighted by atomic mass is 10.2. The average Bonchev–Trinajstić information content (AvgIpc) is 3.06. The number of rotatable bonds is 6. The van der Waals surface area contributed by atoms with Crippen molar-refractivity contribution in [2.75, 3.05) is 18.0 Å². The van der Waals surface area contributed by atoms with Gasteiger partial charge in [-0.1, -0.05) is 30.7 Å². The number of halogens is 1. The SMILES string of the molecule is CCC(=O)N1CCc2cc(S(=O)(=O)NCCc3ccc(Cl)cc3)ccc21. The van der Waals surface area contributed by atoms with E-state index in [0.29, 0.717) is 37.4 Å². The Hall–Kier alpha value is -1.89. The van der Waals surface area contributed by atoms with Gasteiger partial charge in [-0.3, -0.25) is 4.79 Å². The van der Waals surface area contributed by atoms with Gasteiger partial charge in [0.2, 0.25) is 15.9 Å². The van der Waals surface area contributed by atoms with Crippen LogP contribution < -0.4 is 9.62 Å². The first-order chi connectivity index (χ1) is 12.4. The number of benzene rings is 2. The summed E-state index contributed by atoms with van der Waals surface area (Å²) < 4.78 is 27.7. The van der Waals surface area contributed by atoms with Gasteiger partial charge < -0.3 is 4.90 Å². The van der Waals surface area contributed by atoms with Gasteiger partial charge in [0.15, 0.2) is 0 Å². The summed E-state index contributed by atoms with van der Waals surface area (Å²) in [6.45, 7) is 2.74. The van der Waals surface area contributed by atoms with Crippen LogP contribution in [0.2, 0.25) is 5.02 Å². The molecule has 1 aliphatic heterocycles. The van der Waals surface area contributed by atoms with Crippen molar-refractivity contribution in [2.45, 2.75) is 31.1 Å². The molecule has 1 aliphatic rings. The maximum absolute atomic E-state index is 12.5. The topological polar surface area (TPSA) is 66.5 Å². The molecular weight excluding hydrogens is 372 g/mol. The number of hydrogen-bond acceptors (Lipinski definition) is 3. The smallest absolute Gasteiger partial charge is 0.240 e. The van der Waals surface area contributed by atoms with Gasteiger partial charge in [-0.15, -0.1) is 0 Å². The van der Waals surface area contributed by atoms with Crippen molar-refractivity contribution < 1.29 is 13.2 Å². The van der Waals surface area contributed by atoms with Gasteiger partial charge in [0.05, 0.1) is 4.90 Å². The van der Waals surface area contributed by atoms with Gasteiger partial charge >= 0.3 is 0 Å². The fourth-order valence-corrected chi connectivity index (χ4v) is 4.27. The lowest BCUT2D eigenvalue weighted by Crippen LogP contribution is -2.28. The normalized spacial score (nSPS) is 13.7. The van der Waals surface area contributed by atoms with Gasteiger partial charge in [-0.2, -0.15) is 0 Å². The summed E-state index contributed by atoms with van der Waals surface area (Å²) in [5.74, 6) is 0.0560. The molecule has 0 atom stereocenters. The van der Waals surface area contributed by atoms with Crippen molar-refractivity contribution in [3.8, 4) is 0 Å². The Morgan fingerprint density at radius 2 is 1.92 bits per heavy atom. The van der Waals surface area contributed by atoms with Gasteiger partial charge in [0, 0.05) is 30.2 Å². The van der Waals surface area contributed by atoms with E-state index in [9.17, 15) is 13.2 Å². The summed E-state index contributed by atoms with van der Waals surface area (Å²) in [4.78, 5) is 13.9. The predicted octanol–water partition coefficient (Wildman–Crippen LogP) is 3.16. The Morgan fingerprint density at radius 1 is 1.19 bits per heavy atom. The van der Waals surface area contributed by atoms with Gasteiger partial charge in [0.25, 0.3) is 0 Å². The Morgan fingerprint density at radius 3 is 2.62 bits per heavy atom. The summed E-state index contributed by atoms with van der Waals surface area (Å²) in [5.41, 5.74) is 2.73. The summed E-state index contributed by atoms with van der Waals surface area (Å²) in [7, 11) is -3.58. The van der Waals surface area contributed by atoms with E-state index in [1.54, 1.807) is 35.2 Å². The van der Waals surface area contributed by atoms with Crippen molar-refractivity contribution in [1.29, 1.82) is 0 Å². The second kappa shape index (κ2) is 7.78. The van der Waals surface area contributed by atoms with E-state index >= 15 is 0 Å². The third-order valence-electron chi connectivity index (χ3n) is 4.48. The van der Waals surface area contributed by atoms with Crippen LogP contribution in [0.3, 0.4) is 0 Å². The van der Waals surface area contributed by atoms with E-state index in [1.807, 2.05) is 19.1 Å². The molecule has 26 heavy (non-hydrogen) atoms. The number of nitrogens with zero attached hydrogens (tertiary/aromatic N) is 1. The average molecular weight is 393 g/mol. The maximum atomic E-state index is 12.5. The van der Waals surface area contributed by atoms with E-state index in [1.165, 1.54) is 0 Å². The fourth-order valence-electron chi connectivity index (χ4n) is 3.06. The molecule has 5 nitrogen and oxygen atoms in total. The molecule has 0 spiro atoms. The Balaban J connectivity index is 1.68. The molecule has 1 heterocycles. The Bertz CT molecular complexity index is 911. The van der Waals surface area contributed by atoms with Crippen molar-refractivity contribution in [2.24, 2.45) is 0 Å². The molecule has 0 saturated carbocycles. The summed E-state index contributed by atoms with van der Waals surface area (Å²) >= 11 is 5.85. The fraction of sp³-hybridized carbons (Fsp3) is 0.316. The van der Waals surface area contributed by atoms with Crippen molar-refractivity contribution in [3.05, 3.63) is 58.6 Å². The molecule has 0 aliphatic carbocycles. The molecule has 2 aromatic carbocycles. The predicted molar refractivity (Wildman–Crippen MR) is 103 cm³/mol. The zero-order chi connectivity index (χ0) is 18.7. The summed E-state index contributed by atoms with van der Waals surface area (Å²) in [6, 6.07) is 12.3. The largest absolute Gasteiger partial charge is 0.312 e. The highest BCUT2D eigenvalue weighted by atomic mass is 35.5. The number of carbonyl (C=O) groups is 1. The zero-order valence-electron chi connectivity index (χ0n) is 14.5. The number of amides is 1. The van der Waals surface area contributed by atoms with Gasteiger partial charge in [-0.25, -0.2) is 13.1 Å². The van der Waals surface area contributed by atoms with Crippen LogP contribution >= 0.6 is 11.6 Å². The van der Waals surface area contributed by atoms with Crippen LogP contribution in [0.4, 0.5) is 5.69 Å². The Kier molecular flexibility index (Phi) is 5.65. The standard InChI is InChI=1S/C19H21ClN2O3S/c1-2-19(23)22-12-10-15-13-17(7-8-18(15)22)26(24,25)21-11-9-14-3-5-16(20)6-4-14/h3-8,13,21H,2,9-12H2,1H3. The Labute approximate surface area is 159 Å². The van der Waals surface area contributed by atoms with Crippen LogP contribution in [0.25, 0.3) is 0 Å². The molecule has 138 valence electrons. The first kappa shape index (κ1) is 18.9. The summed E-state index contributed by atoms with van der Waals surface area (Å²) in [6.07, 6.45) is 1.70. The molecule has 0 aromatic heterocycles. The molecule has 0 unspecified atom stereocenters. The molecule has 1 amide bonds. The van der Waals surface area contributed by atoms with E-state index in [2.05, 4.69) is 4.72 Å². The number of carbonyl (C=O) groups excluding carboxylic acids is 1. The monoisotopic (exact) mass is 392 g/mol. The van der Waals surface area contributed by atoms with Crippen molar-refractivity contribution >= 4 is 33.2 Å². The van der Waals surface area contributed by atoms with Gasteiger partial charge in [0.1, 0.15) is 0 Å². The third kappa shape index (κ3) is 4.09. The molecule has 0 radical (unpaired) electrons. The molecule has 1 N–H and O–H groups in total. The lowest BCUT2D eigenvalue weighted by molar-refractivity contribution is -0.118. The molecule has 0 bridgehead atoms. The number of hydrogen-bond donors (Lipinski definition) is 1. The number of fused-ring (bicyclic) bond motifs is 1. The van der Waals surface area contributed by atoms with Crippen LogP contribution in [-0.4, -0.2) is 27.4 Å². The number of sulfonamides is 1. The highest BCUT2D eigenvalue weighted by molar-refractivity contribution is 7.89. The molecule has 0 saturated heterocycles. The highest BCUT2D eigenvalue weighted by Gasteiger charge is 2.25. The second-order valence-electron chi connectivity index (χ2n) is 6.21. The number of anilines is 1. The van der Waals surface area contributed by atoms with Crippen LogP contribution in [0.1, 0.15) is 24.5 Å². The number of nitrogens with one attached hydrogen (secondary N) is 1. The molecular formula is C19H21ClN2O3S. The van der Waals surface area contributed by atoms with Crippen LogP contribution in [0, 0.1) is 0 Å². The molecule has 3 rings (SSSR count). The van der Waals surface area contributed by atoms with E-state index in [-0.39, 0.29) is 10.8 Å². The minimum Gasteiger partial charge on any atom is -0.312 e. The molecule has 2 aromatic rings.